The van der Waals surface area contributed by atoms with E-state index in [0.717, 1.165) is 63.7 Å². The summed E-state index contributed by atoms with van der Waals surface area (Å²) in [6.07, 6.45) is 9.19. The molecule has 7 heteroatoms. The Balaban J connectivity index is 1.29. The van der Waals surface area contributed by atoms with Crippen LogP contribution in [0, 0.1) is 5.82 Å². The fourth-order valence-electron chi connectivity index (χ4n) is 5.41. The van der Waals surface area contributed by atoms with Gasteiger partial charge in [0.2, 0.25) is 5.91 Å². The van der Waals surface area contributed by atoms with Gasteiger partial charge in [-0.05, 0) is 50.8 Å². The summed E-state index contributed by atoms with van der Waals surface area (Å²) in [6, 6.07) is 6.82. The molecule has 2 aliphatic heterocycles. The summed E-state index contributed by atoms with van der Waals surface area (Å²) < 4.78 is 25.3. The minimum absolute atomic E-state index is 0.208. The van der Waals surface area contributed by atoms with E-state index < -0.39 is 11.3 Å². The third-order valence-electron chi connectivity index (χ3n) is 7.28. The third kappa shape index (κ3) is 5.28. The number of hydrogen-bond acceptors (Lipinski definition) is 5. The molecule has 1 aromatic carbocycles. The Labute approximate surface area is 184 Å². The second-order valence-electron chi connectivity index (χ2n) is 9.33. The first-order chi connectivity index (χ1) is 15.0. The zero-order valence-corrected chi connectivity index (χ0v) is 18.4. The van der Waals surface area contributed by atoms with E-state index in [0.29, 0.717) is 19.3 Å². The average molecular weight is 434 g/mol. The van der Waals surface area contributed by atoms with Gasteiger partial charge in [-0.3, -0.25) is 4.79 Å². The maximum absolute atomic E-state index is 13.3. The van der Waals surface area contributed by atoms with Gasteiger partial charge in [0.15, 0.2) is 5.79 Å². The normalized spacial score (nSPS) is 24.3. The van der Waals surface area contributed by atoms with Crippen LogP contribution in [0.25, 0.3) is 0 Å². The van der Waals surface area contributed by atoms with Crippen molar-refractivity contribution in [3.63, 3.8) is 0 Å². The lowest BCUT2D eigenvalue weighted by Crippen LogP contribution is -2.63. The molecule has 3 N–H and O–H groups in total. The standard InChI is InChI=1S/C24H36FN3O3/c25-20-9-7-19(8-10-20)24(30-17-18-31-24)11-4-14-28-15-12-23(13-16-28,22(26)29)27-21-5-2-1-3-6-21/h7-10,21,27H,1-6,11-18H2,(H2,26,29). The minimum Gasteiger partial charge on any atom is -0.368 e. The molecule has 4 rings (SSSR count). The number of primary amides is 1. The summed E-state index contributed by atoms with van der Waals surface area (Å²) >= 11 is 0. The number of amides is 1. The van der Waals surface area contributed by atoms with Crippen LogP contribution in [0.1, 0.15) is 63.4 Å². The van der Waals surface area contributed by atoms with Gasteiger partial charge in [-0.2, -0.15) is 0 Å². The van der Waals surface area contributed by atoms with E-state index in [1.807, 2.05) is 0 Å². The summed E-state index contributed by atoms with van der Waals surface area (Å²) in [5.41, 5.74) is 6.17. The van der Waals surface area contributed by atoms with Gasteiger partial charge in [0.05, 0.1) is 13.2 Å². The number of carbonyl (C=O) groups is 1. The van der Waals surface area contributed by atoms with Crippen LogP contribution in [0.15, 0.2) is 24.3 Å². The Kier molecular flexibility index (Phi) is 7.26. The molecule has 6 nitrogen and oxygen atoms in total. The van der Waals surface area contributed by atoms with Crippen LogP contribution in [-0.2, 0) is 20.1 Å². The fourth-order valence-corrected chi connectivity index (χ4v) is 5.41. The van der Waals surface area contributed by atoms with Crippen molar-refractivity contribution in [2.75, 3.05) is 32.8 Å². The first-order valence-electron chi connectivity index (χ1n) is 11.9. The van der Waals surface area contributed by atoms with Gasteiger partial charge in [0.1, 0.15) is 11.4 Å². The molecule has 1 aromatic rings. The van der Waals surface area contributed by atoms with Crippen molar-refractivity contribution < 1.29 is 18.7 Å². The third-order valence-corrected chi connectivity index (χ3v) is 7.28. The summed E-state index contributed by atoms with van der Waals surface area (Å²) in [4.78, 5) is 14.7. The summed E-state index contributed by atoms with van der Waals surface area (Å²) in [5, 5.41) is 3.65. The number of ether oxygens (including phenoxy) is 2. The van der Waals surface area contributed by atoms with Gasteiger partial charge in [0.25, 0.3) is 0 Å². The number of piperidine rings is 1. The highest BCUT2D eigenvalue weighted by molar-refractivity contribution is 5.84. The van der Waals surface area contributed by atoms with Gasteiger partial charge < -0.3 is 25.4 Å². The van der Waals surface area contributed by atoms with E-state index in [1.54, 1.807) is 12.1 Å². The van der Waals surface area contributed by atoms with Gasteiger partial charge >= 0.3 is 0 Å². The molecular weight excluding hydrogens is 397 g/mol. The number of nitrogens with zero attached hydrogens (tertiary/aromatic N) is 1. The number of rotatable bonds is 8. The second kappa shape index (κ2) is 9.94. The predicted molar refractivity (Wildman–Crippen MR) is 117 cm³/mol. The molecular formula is C24H36FN3O3. The Morgan fingerprint density at radius 1 is 1.10 bits per heavy atom. The molecule has 0 bridgehead atoms. The maximum Gasteiger partial charge on any atom is 0.237 e. The van der Waals surface area contributed by atoms with Crippen LogP contribution in [0.3, 0.4) is 0 Å². The lowest BCUT2D eigenvalue weighted by molar-refractivity contribution is -0.172. The highest BCUT2D eigenvalue weighted by atomic mass is 19.1. The Morgan fingerprint density at radius 3 is 2.35 bits per heavy atom. The fraction of sp³-hybridized carbons (Fsp3) is 0.708. The monoisotopic (exact) mass is 433 g/mol. The van der Waals surface area contributed by atoms with E-state index >= 15 is 0 Å². The number of likely N-dealkylation sites (tertiary alicyclic amines) is 1. The van der Waals surface area contributed by atoms with Crippen LogP contribution >= 0.6 is 0 Å². The first-order valence-corrected chi connectivity index (χ1v) is 11.9. The Hall–Kier alpha value is -1.54. The zero-order valence-electron chi connectivity index (χ0n) is 18.4. The Bertz CT molecular complexity index is 722. The SMILES string of the molecule is NC(=O)C1(NC2CCCCC2)CCN(CCCC2(c3ccc(F)cc3)OCCO2)CC1. The molecule has 0 radical (unpaired) electrons. The average Bonchev–Trinajstić information content (AvgIpc) is 3.26. The van der Waals surface area contributed by atoms with Gasteiger partial charge in [-0.25, -0.2) is 4.39 Å². The summed E-state index contributed by atoms with van der Waals surface area (Å²) in [6.45, 7) is 3.72. The van der Waals surface area contributed by atoms with Crippen LogP contribution in [-0.4, -0.2) is 55.2 Å². The smallest absolute Gasteiger partial charge is 0.237 e. The lowest BCUT2D eigenvalue weighted by Gasteiger charge is -2.43. The van der Waals surface area contributed by atoms with Gasteiger partial charge in [0, 0.05) is 31.1 Å². The van der Waals surface area contributed by atoms with Crippen molar-refractivity contribution in [1.82, 2.24) is 10.2 Å². The number of carbonyl (C=O) groups excluding carboxylic acids is 1. The molecule has 0 unspecified atom stereocenters. The van der Waals surface area contributed by atoms with Crippen LogP contribution in [0.5, 0.6) is 0 Å². The van der Waals surface area contributed by atoms with Crippen LogP contribution in [0.2, 0.25) is 0 Å². The molecule has 0 aromatic heterocycles. The van der Waals surface area contributed by atoms with E-state index in [4.69, 9.17) is 15.2 Å². The molecule has 1 amide bonds. The molecule has 3 aliphatic rings. The van der Waals surface area contributed by atoms with Crippen molar-refractivity contribution in [2.24, 2.45) is 5.73 Å². The van der Waals surface area contributed by atoms with Gasteiger partial charge in [-0.15, -0.1) is 0 Å². The van der Waals surface area contributed by atoms with E-state index in [2.05, 4.69) is 10.2 Å². The molecule has 1 saturated carbocycles. The highest BCUT2D eigenvalue weighted by Crippen LogP contribution is 2.36. The minimum atomic E-state index is -0.775. The van der Waals surface area contributed by atoms with Crippen molar-refractivity contribution in [2.45, 2.75) is 75.2 Å². The molecule has 2 heterocycles. The number of hydrogen-bond donors (Lipinski definition) is 2. The largest absolute Gasteiger partial charge is 0.368 e. The number of nitrogens with two attached hydrogens (primary N) is 1. The maximum atomic E-state index is 13.3. The summed E-state index contributed by atoms with van der Waals surface area (Å²) in [5.74, 6) is -1.24. The van der Waals surface area contributed by atoms with Crippen molar-refractivity contribution in [3.8, 4) is 0 Å². The predicted octanol–water partition coefficient (Wildman–Crippen LogP) is 3.05. The molecule has 31 heavy (non-hydrogen) atoms. The number of halogens is 1. The van der Waals surface area contributed by atoms with E-state index in [9.17, 15) is 9.18 Å². The quantitative estimate of drug-likeness (QED) is 0.659. The summed E-state index contributed by atoms with van der Waals surface area (Å²) in [7, 11) is 0. The molecule has 0 spiro atoms. The Morgan fingerprint density at radius 2 is 1.74 bits per heavy atom. The van der Waals surface area contributed by atoms with E-state index in [-0.39, 0.29) is 11.7 Å². The molecule has 2 saturated heterocycles. The molecule has 172 valence electrons. The molecule has 3 fully saturated rings. The highest BCUT2D eigenvalue weighted by Gasteiger charge is 2.42. The topological polar surface area (TPSA) is 76.8 Å². The number of benzene rings is 1. The molecule has 1 aliphatic carbocycles. The zero-order chi connectivity index (χ0) is 21.7. The van der Waals surface area contributed by atoms with Crippen molar-refractivity contribution >= 4 is 5.91 Å². The van der Waals surface area contributed by atoms with Crippen LogP contribution < -0.4 is 11.1 Å². The first kappa shape index (κ1) is 22.6. The van der Waals surface area contributed by atoms with Crippen LogP contribution in [0.4, 0.5) is 4.39 Å². The van der Waals surface area contributed by atoms with Crippen molar-refractivity contribution in [1.29, 1.82) is 0 Å². The van der Waals surface area contributed by atoms with E-state index in [1.165, 1.54) is 31.4 Å². The molecule has 0 atom stereocenters. The second-order valence-corrected chi connectivity index (χ2v) is 9.33. The van der Waals surface area contributed by atoms with Crippen molar-refractivity contribution in [3.05, 3.63) is 35.6 Å². The van der Waals surface area contributed by atoms with Gasteiger partial charge in [-0.1, -0.05) is 31.4 Å². The number of nitrogens with one attached hydrogen (secondary N) is 1. The lowest BCUT2D eigenvalue weighted by atomic mass is 9.83.